The summed E-state index contributed by atoms with van der Waals surface area (Å²) in [4.78, 5) is 19.9. The number of nitrogens with zero attached hydrogens (tertiary/aromatic N) is 4. The van der Waals surface area contributed by atoms with Gasteiger partial charge in [0.2, 0.25) is 0 Å². The van der Waals surface area contributed by atoms with E-state index in [-0.39, 0.29) is 17.1 Å². The van der Waals surface area contributed by atoms with Crippen molar-refractivity contribution < 1.29 is 27.1 Å². The first-order chi connectivity index (χ1) is 16.7. The van der Waals surface area contributed by atoms with Gasteiger partial charge in [0.05, 0.1) is 35.0 Å². The summed E-state index contributed by atoms with van der Waals surface area (Å²) in [6.45, 7) is 2.67. The van der Waals surface area contributed by atoms with Crippen LogP contribution in [0.5, 0.6) is 11.5 Å². The topological polar surface area (TPSA) is 94.0 Å². The normalized spacial score (nSPS) is 11.2. The van der Waals surface area contributed by atoms with Crippen LogP contribution in [0.1, 0.15) is 12.5 Å². The molecule has 2 N–H and O–H groups in total. The number of aryl methyl sites for hydroxylation is 1. The Kier molecular flexibility index (Phi) is 6.62. The number of halogens is 4. The van der Waals surface area contributed by atoms with Crippen LogP contribution in [0.15, 0.2) is 67.4 Å². The summed E-state index contributed by atoms with van der Waals surface area (Å²) >= 11 is 0. The molecule has 3 heterocycles. The molecular weight excluding hydrogens is 468 g/mol. The maximum atomic E-state index is 14.6. The molecule has 0 atom stereocenters. The molecule has 4 aromatic rings. The average Bonchev–Trinajstić information content (AvgIpc) is 3.30. The Labute approximate surface area is 196 Å². The fourth-order valence-corrected chi connectivity index (χ4v) is 3.05. The molecule has 0 fully saturated rings. The Morgan fingerprint density at radius 1 is 1.06 bits per heavy atom. The third-order valence-electron chi connectivity index (χ3n) is 4.73. The summed E-state index contributed by atoms with van der Waals surface area (Å²) in [7, 11) is 0. The van der Waals surface area contributed by atoms with E-state index in [0.29, 0.717) is 24.2 Å². The first kappa shape index (κ1) is 23.7. The van der Waals surface area contributed by atoms with E-state index in [1.807, 2.05) is 13.1 Å². The minimum atomic E-state index is -4.61. The fraction of sp³-hybridized carbons (Fsp3) is 0.130. The molecule has 0 aliphatic carbocycles. The zero-order chi connectivity index (χ0) is 25.0. The number of ether oxygens (including phenoxy) is 1. The van der Waals surface area contributed by atoms with Gasteiger partial charge < -0.3 is 15.4 Å². The maximum Gasteiger partial charge on any atom is 0.417 e. The standard InChI is InChI=1S/C23H18F4N6O2/c1-2-33-13-14(10-30-33)21-9-18(5-6-29-21)35-17-3-4-20(19(24)8-17)32-22(34)31-16-7-15(11-28-12-16)23(25,26)27/h3-13H,2H2,1H3,(H2,31,32,34). The zero-order valence-electron chi connectivity index (χ0n) is 18.2. The lowest BCUT2D eigenvalue weighted by molar-refractivity contribution is -0.137. The van der Waals surface area contributed by atoms with Gasteiger partial charge in [0, 0.05) is 42.8 Å². The number of nitrogens with one attached hydrogen (secondary N) is 2. The van der Waals surface area contributed by atoms with E-state index in [2.05, 4.69) is 25.7 Å². The van der Waals surface area contributed by atoms with E-state index in [4.69, 9.17) is 4.74 Å². The van der Waals surface area contributed by atoms with Crippen LogP contribution in [0.2, 0.25) is 0 Å². The largest absolute Gasteiger partial charge is 0.457 e. The van der Waals surface area contributed by atoms with Gasteiger partial charge in [-0.1, -0.05) is 0 Å². The molecule has 0 aliphatic rings. The highest BCUT2D eigenvalue weighted by atomic mass is 19.4. The van der Waals surface area contributed by atoms with Gasteiger partial charge in [-0.05, 0) is 31.2 Å². The monoisotopic (exact) mass is 486 g/mol. The smallest absolute Gasteiger partial charge is 0.417 e. The van der Waals surface area contributed by atoms with E-state index in [9.17, 15) is 22.4 Å². The number of benzene rings is 1. The number of anilines is 2. The summed E-state index contributed by atoms with van der Waals surface area (Å²) in [5.74, 6) is -0.232. The van der Waals surface area contributed by atoms with Crippen molar-refractivity contribution in [3.8, 4) is 22.8 Å². The van der Waals surface area contributed by atoms with Gasteiger partial charge in [0.15, 0.2) is 0 Å². The van der Waals surface area contributed by atoms with Gasteiger partial charge in [-0.15, -0.1) is 0 Å². The Hall–Kier alpha value is -4.48. The van der Waals surface area contributed by atoms with Gasteiger partial charge in [-0.3, -0.25) is 14.6 Å². The van der Waals surface area contributed by atoms with E-state index >= 15 is 0 Å². The number of urea groups is 1. The number of aromatic nitrogens is 4. The number of hydrogen-bond acceptors (Lipinski definition) is 5. The number of alkyl halides is 3. The van der Waals surface area contributed by atoms with Gasteiger partial charge in [-0.2, -0.15) is 18.3 Å². The molecule has 4 rings (SSSR count). The Bertz CT molecular complexity index is 1360. The molecule has 8 nitrogen and oxygen atoms in total. The van der Waals surface area contributed by atoms with Crippen LogP contribution in [-0.4, -0.2) is 25.8 Å². The predicted molar refractivity (Wildman–Crippen MR) is 119 cm³/mol. The second-order valence-corrected chi connectivity index (χ2v) is 7.24. The molecule has 3 aromatic heterocycles. The zero-order valence-corrected chi connectivity index (χ0v) is 18.2. The van der Waals surface area contributed by atoms with Gasteiger partial charge in [0.1, 0.15) is 17.3 Å². The average molecular weight is 486 g/mol. The molecule has 1 aromatic carbocycles. The maximum absolute atomic E-state index is 14.6. The van der Waals surface area contributed by atoms with Crippen molar-refractivity contribution in [2.24, 2.45) is 0 Å². The fourth-order valence-electron chi connectivity index (χ4n) is 3.05. The van der Waals surface area contributed by atoms with Crippen molar-refractivity contribution >= 4 is 17.4 Å². The number of rotatable bonds is 6. The molecule has 0 unspecified atom stereocenters. The van der Waals surface area contributed by atoms with Crippen LogP contribution in [0.25, 0.3) is 11.3 Å². The number of carbonyl (C=O) groups is 1. The molecule has 0 radical (unpaired) electrons. The van der Waals surface area contributed by atoms with Crippen molar-refractivity contribution in [1.29, 1.82) is 0 Å². The van der Waals surface area contributed by atoms with Crippen molar-refractivity contribution in [2.75, 3.05) is 10.6 Å². The Balaban J connectivity index is 1.42. The van der Waals surface area contributed by atoms with Crippen LogP contribution in [0.3, 0.4) is 0 Å². The number of carbonyl (C=O) groups excluding carboxylic acids is 1. The number of amides is 2. The van der Waals surface area contributed by atoms with E-state index < -0.39 is 23.6 Å². The minimum Gasteiger partial charge on any atom is -0.457 e. The summed E-state index contributed by atoms with van der Waals surface area (Å²) in [5.41, 5.74) is 0.000937. The molecule has 0 bridgehead atoms. The minimum absolute atomic E-state index is 0.164. The van der Waals surface area contributed by atoms with Crippen molar-refractivity contribution in [3.63, 3.8) is 0 Å². The Morgan fingerprint density at radius 3 is 2.57 bits per heavy atom. The molecule has 12 heteroatoms. The lowest BCUT2D eigenvalue weighted by atomic mass is 10.2. The molecule has 35 heavy (non-hydrogen) atoms. The summed E-state index contributed by atoms with van der Waals surface area (Å²) in [6, 6.07) is 6.82. The van der Waals surface area contributed by atoms with Gasteiger partial charge in [0.25, 0.3) is 0 Å². The second-order valence-electron chi connectivity index (χ2n) is 7.24. The Morgan fingerprint density at radius 2 is 1.86 bits per heavy atom. The molecule has 0 aliphatic heterocycles. The van der Waals surface area contributed by atoms with Crippen molar-refractivity contribution in [1.82, 2.24) is 19.7 Å². The summed E-state index contributed by atoms with van der Waals surface area (Å²) in [5, 5.41) is 8.63. The second kappa shape index (κ2) is 9.79. The van der Waals surface area contributed by atoms with Crippen LogP contribution >= 0.6 is 0 Å². The first-order valence-corrected chi connectivity index (χ1v) is 10.3. The van der Waals surface area contributed by atoms with Crippen LogP contribution in [0, 0.1) is 5.82 Å². The van der Waals surface area contributed by atoms with Crippen LogP contribution < -0.4 is 15.4 Å². The number of pyridine rings is 2. The van der Waals surface area contributed by atoms with E-state index in [1.54, 1.807) is 29.2 Å². The van der Waals surface area contributed by atoms with E-state index in [0.717, 1.165) is 23.9 Å². The first-order valence-electron chi connectivity index (χ1n) is 10.3. The molecule has 0 spiro atoms. The molecular formula is C23H18F4N6O2. The summed E-state index contributed by atoms with van der Waals surface area (Å²) in [6.07, 6.45) is 2.12. The third kappa shape index (κ3) is 5.91. The van der Waals surface area contributed by atoms with Crippen molar-refractivity contribution in [2.45, 2.75) is 19.6 Å². The highest BCUT2D eigenvalue weighted by Gasteiger charge is 2.31. The van der Waals surface area contributed by atoms with E-state index in [1.165, 1.54) is 12.1 Å². The lowest BCUT2D eigenvalue weighted by Crippen LogP contribution is -2.20. The predicted octanol–water partition coefficient (Wildman–Crippen LogP) is 5.95. The van der Waals surface area contributed by atoms with Gasteiger partial charge in [-0.25, -0.2) is 9.18 Å². The molecule has 180 valence electrons. The molecule has 2 amide bonds. The third-order valence-corrected chi connectivity index (χ3v) is 4.73. The quantitative estimate of drug-likeness (QED) is 0.328. The molecule has 0 saturated heterocycles. The lowest BCUT2D eigenvalue weighted by Gasteiger charge is -2.12. The highest BCUT2D eigenvalue weighted by Crippen LogP contribution is 2.30. The van der Waals surface area contributed by atoms with Crippen LogP contribution in [0.4, 0.5) is 33.7 Å². The number of hydrogen-bond donors (Lipinski definition) is 2. The van der Waals surface area contributed by atoms with Crippen LogP contribution in [-0.2, 0) is 12.7 Å². The van der Waals surface area contributed by atoms with Gasteiger partial charge >= 0.3 is 12.2 Å². The van der Waals surface area contributed by atoms with Crippen molar-refractivity contribution in [3.05, 3.63) is 78.8 Å². The SMILES string of the molecule is CCn1cc(-c2cc(Oc3ccc(NC(=O)Nc4cncc(C(F)(F)F)c4)c(F)c3)ccn2)cn1. The summed E-state index contributed by atoms with van der Waals surface area (Å²) < 4.78 is 60.4. The molecule has 0 saturated carbocycles. The highest BCUT2D eigenvalue weighted by molar-refractivity contribution is 5.99.